The molecule has 0 saturated carbocycles. The van der Waals surface area contributed by atoms with Crippen molar-refractivity contribution in [2.75, 3.05) is 13.7 Å². The summed E-state index contributed by atoms with van der Waals surface area (Å²) in [6.45, 7) is 2.12. The van der Waals surface area contributed by atoms with E-state index in [1.54, 1.807) is 13.3 Å². The Morgan fingerprint density at radius 2 is 1.73 bits per heavy atom. The third-order valence-corrected chi connectivity index (χ3v) is 3.88. The number of rotatable bonds is 10. The lowest BCUT2D eigenvalue weighted by atomic mass is 10.1. The SMILES string of the molecule is CCCCCc1ccc(OCC(=O)N/N=C\c2ccc(OC)cc2)cc1. The Labute approximate surface area is 155 Å². The number of carbonyl (C=O) groups is 1. The van der Waals surface area contributed by atoms with Crippen LogP contribution in [0.2, 0.25) is 0 Å². The van der Waals surface area contributed by atoms with Crippen molar-refractivity contribution >= 4 is 12.1 Å². The first-order valence-corrected chi connectivity index (χ1v) is 8.89. The van der Waals surface area contributed by atoms with E-state index in [9.17, 15) is 4.79 Å². The fourth-order valence-corrected chi connectivity index (χ4v) is 2.38. The molecule has 5 nitrogen and oxygen atoms in total. The summed E-state index contributed by atoms with van der Waals surface area (Å²) in [4.78, 5) is 11.8. The molecule has 0 aliphatic carbocycles. The second-order valence-corrected chi connectivity index (χ2v) is 5.96. The zero-order chi connectivity index (χ0) is 18.6. The van der Waals surface area contributed by atoms with Crippen molar-refractivity contribution in [1.82, 2.24) is 5.43 Å². The van der Waals surface area contributed by atoms with E-state index in [0.29, 0.717) is 5.75 Å². The van der Waals surface area contributed by atoms with Crippen molar-refractivity contribution in [2.24, 2.45) is 5.10 Å². The molecule has 1 N–H and O–H groups in total. The average molecular weight is 354 g/mol. The van der Waals surface area contributed by atoms with Crippen LogP contribution in [0.3, 0.4) is 0 Å². The normalized spacial score (nSPS) is 10.7. The number of unbranched alkanes of at least 4 members (excludes halogenated alkanes) is 2. The maximum absolute atomic E-state index is 11.8. The molecule has 0 spiro atoms. The lowest BCUT2D eigenvalue weighted by molar-refractivity contribution is -0.123. The zero-order valence-electron chi connectivity index (χ0n) is 15.4. The van der Waals surface area contributed by atoms with E-state index < -0.39 is 0 Å². The van der Waals surface area contributed by atoms with Crippen LogP contribution in [-0.4, -0.2) is 25.8 Å². The molecule has 2 aromatic carbocycles. The molecule has 0 fully saturated rings. The van der Waals surface area contributed by atoms with Gasteiger partial charge in [-0.05, 0) is 60.4 Å². The van der Waals surface area contributed by atoms with Crippen molar-refractivity contribution in [1.29, 1.82) is 0 Å². The number of aryl methyl sites for hydroxylation is 1. The fourth-order valence-electron chi connectivity index (χ4n) is 2.38. The molecule has 0 unspecified atom stereocenters. The number of benzene rings is 2. The Morgan fingerprint density at radius 3 is 2.38 bits per heavy atom. The van der Waals surface area contributed by atoms with Gasteiger partial charge < -0.3 is 9.47 Å². The molecule has 0 aromatic heterocycles. The lowest BCUT2D eigenvalue weighted by Gasteiger charge is -2.06. The van der Waals surface area contributed by atoms with Gasteiger partial charge in [-0.2, -0.15) is 5.10 Å². The molecule has 2 rings (SSSR count). The summed E-state index contributed by atoms with van der Waals surface area (Å²) in [5.74, 6) is 1.15. The highest BCUT2D eigenvalue weighted by Gasteiger charge is 2.02. The fraction of sp³-hybridized carbons (Fsp3) is 0.333. The molecule has 0 bridgehead atoms. The summed E-state index contributed by atoms with van der Waals surface area (Å²) >= 11 is 0. The first-order chi connectivity index (χ1) is 12.7. The molecule has 0 atom stereocenters. The van der Waals surface area contributed by atoms with E-state index in [-0.39, 0.29) is 12.5 Å². The van der Waals surface area contributed by atoms with Crippen molar-refractivity contribution < 1.29 is 14.3 Å². The summed E-state index contributed by atoms with van der Waals surface area (Å²) in [7, 11) is 1.61. The van der Waals surface area contributed by atoms with Crippen LogP contribution in [0.25, 0.3) is 0 Å². The Kier molecular flexibility index (Phi) is 8.19. The van der Waals surface area contributed by atoms with Crippen LogP contribution < -0.4 is 14.9 Å². The van der Waals surface area contributed by atoms with Crippen molar-refractivity contribution in [3.05, 3.63) is 59.7 Å². The Morgan fingerprint density at radius 1 is 1.04 bits per heavy atom. The van der Waals surface area contributed by atoms with Gasteiger partial charge in [0.2, 0.25) is 0 Å². The second kappa shape index (κ2) is 10.9. The minimum atomic E-state index is -0.304. The maximum Gasteiger partial charge on any atom is 0.277 e. The van der Waals surface area contributed by atoms with Gasteiger partial charge in [-0.15, -0.1) is 0 Å². The van der Waals surface area contributed by atoms with Crippen LogP contribution in [0.5, 0.6) is 11.5 Å². The van der Waals surface area contributed by atoms with Gasteiger partial charge in [0.25, 0.3) is 5.91 Å². The number of hydrazone groups is 1. The topological polar surface area (TPSA) is 59.9 Å². The van der Waals surface area contributed by atoms with Crippen LogP contribution in [0.15, 0.2) is 53.6 Å². The Hall–Kier alpha value is -2.82. The largest absolute Gasteiger partial charge is 0.497 e. The van der Waals surface area contributed by atoms with Crippen molar-refractivity contribution in [2.45, 2.75) is 32.6 Å². The monoisotopic (exact) mass is 354 g/mol. The van der Waals surface area contributed by atoms with Gasteiger partial charge in [-0.1, -0.05) is 31.9 Å². The van der Waals surface area contributed by atoms with Crippen molar-refractivity contribution in [3.63, 3.8) is 0 Å². The molecule has 5 heteroatoms. The molecule has 2 aromatic rings. The highest BCUT2D eigenvalue weighted by Crippen LogP contribution is 2.14. The summed E-state index contributed by atoms with van der Waals surface area (Å²) in [5, 5.41) is 3.92. The van der Waals surface area contributed by atoms with E-state index in [4.69, 9.17) is 9.47 Å². The standard InChI is InChI=1S/C21H26N2O3/c1-3-4-5-6-17-7-13-20(14-8-17)26-16-21(24)23-22-15-18-9-11-19(25-2)12-10-18/h7-15H,3-6,16H2,1-2H3,(H,23,24)/b22-15-. The number of carbonyl (C=O) groups excluding carboxylic acids is 1. The predicted molar refractivity (Wildman–Crippen MR) is 104 cm³/mol. The summed E-state index contributed by atoms with van der Waals surface area (Å²) in [6, 6.07) is 15.3. The van der Waals surface area contributed by atoms with Gasteiger partial charge >= 0.3 is 0 Å². The number of nitrogens with one attached hydrogen (secondary N) is 1. The molecular weight excluding hydrogens is 328 g/mol. The minimum Gasteiger partial charge on any atom is -0.497 e. The third kappa shape index (κ3) is 6.97. The number of amides is 1. The first kappa shape index (κ1) is 19.5. The highest BCUT2D eigenvalue weighted by molar-refractivity contribution is 5.83. The van der Waals surface area contributed by atoms with Gasteiger partial charge in [0.1, 0.15) is 11.5 Å². The van der Waals surface area contributed by atoms with Crippen LogP contribution in [0.1, 0.15) is 37.3 Å². The van der Waals surface area contributed by atoms with Gasteiger partial charge in [-0.25, -0.2) is 5.43 Å². The Balaban J connectivity index is 1.71. The van der Waals surface area contributed by atoms with Gasteiger partial charge in [-0.3, -0.25) is 4.79 Å². The molecular formula is C21H26N2O3. The quantitative estimate of drug-likeness (QED) is 0.399. The molecule has 1 amide bonds. The van der Waals surface area contributed by atoms with E-state index in [0.717, 1.165) is 17.7 Å². The number of ether oxygens (including phenoxy) is 2. The van der Waals surface area contributed by atoms with E-state index in [2.05, 4.69) is 17.5 Å². The lowest BCUT2D eigenvalue weighted by Crippen LogP contribution is -2.24. The molecule has 0 aliphatic rings. The minimum absolute atomic E-state index is 0.0743. The molecule has 0 saturated heterocycles. The van der Waals surface area contributed by atoms with Crippen LogP contribution in [0.4, 0.5) is 0 Å². The number of hydrogen-bond donors (Lipinski definition) is 1. The van der Waals surface area contributed by atoms with Crippen molar-refractivity contribution in [3.8, 4) is 11.5 Å². The van der Waals surface area contributed by atoms with Crippen LogP contribution in [0, 0.1) is 0 Å². The maximum atomic E-state index is 11.8. The van der Waals surface area contributed by atoms with Crippen LogP contribution in [-0.2, 0) is 11.2 Å². The number of hydrogen-bond acceptors (Lipinski definition) is 4. The molecule has 0 radical (unpaired) electrons. The molecule has 0 heterocycles. The molecule has 0 aliphatic heterocycles. The summed E-state index contributed by atoms with van der Waals surface area (Å²) in [6.07, 6.45) is 6.31. The number of methoxy groups -OCH3 is 1. The van der Waals surface area contributed by atoms with Gasteiger partial charge in [0, 0.05) is 0 Å². The van der Waals surface area contributed by atoms with E-state index >= 15 is 0 Å². The number of nitrogens with zero attached hydrogens (tertiary/aromatic N) is 1. The van der Waals surface area contributed by atoms with E-state index in [1.807, 2.05) is 48.5 Å². The second-order valence-electron chi connectivity index (χ2n) is 5.96. The molecule has 26 heavy (non-hydrogen) atoms. The summed E-state index contributed by atoms with van der Waals surface area (Å²) in [5.41, 5.74) is 4.61. The Bertz CT molecular complexity index is 694. The predicted octanol–water partition coefficient (Wildman–Crippen LogP) is 3.96. The van der Waals surface area contributed by atoms with E-state index in [1.165, 1.54) is 24.8 Å². The van der Waals surface area contributed by atoms with Gasteiger partial charge in [0.05, 0.1) is 13.3 Å². The third-order valence-electron chi connectivity index (χ3n) is 3.88. The molecule has 138 valence electrons. The highest BCUT2D eigenvalue weighted by atomic mass is 16.5. The van der Waals surface area contributed by atoms with Gasteiger partial charge in [0.15, 0.2) is 6.61 Å². The first-order valence-electron chi connectivity index (χ1n) is 8.89. The average Bonchev–Trinajstić information content (AvgIpc) is 2.68. The zero-order valence-corrected chi connectivity index (χ0v) is 15.4. The smallest absolute Gasteiger partial charge is 0.277 e. The van der Waals surface area contributed by atoms with Crippen LogP contribution >= 0.6 is 0 Å². The summed E-state index contributed by atoms with van der Waals surface area (Å²) < 4.78 is 10.6.